The number of rotatable bonds is 6. The number of aromatic carboxylic acids is 1. The van der Waals surface area contributed by atoms with E-state index in [0.29, 0.717) is 28.0 Å². The van der Waals surface area contributed by atoms with E-state index in [9.17, 15) is 9.59 Å². The molecule has 0 fully saturated rings. The fourth-order valence-corrected chi connectivity index (χ4v) is 2.66. The normalized spacial score (nSPS) is 10.7. The van der Waals surface area contributed by atoms with Gasteiger partial charge in [-0.15, -0.1) is 0 Å². The lowest BCUT2D eigenvalue weighted by Crippen LogP contribution is -2.05. The Bertz CT molecular complexity index is 952. The van der Waals surface area contributed by atoms with Crippen LogP contribution in [0.15, 0.2) is 46.9 Å². The topological polar surface area (TPSA) is 86.0 Å². The Kier molecular flexibility index (Phi) is 4.93. The van der Waals surface area contributed by atoms with Gasteiger partial charge in [0.25, 0.3) is 0 Å². The van der Waals surface area contributed by atoms with Crippen molar-refractivity contribution in [1.82, 2.24) is 0 Å². The van der Waals surface area contributed by atoms with Crippen molar-refractivity contribution in [2.75, 3.05) is 6.61 Å². The molecule has 0 amide bonds. The lowest BCUT2D eigenvalue weighted by Gasteiger charge is -2.07. The molecule has 134 valence electrons. The van der Waals surface area contributed by atoms with Crippen LogP contribution in [0.4, 0.5) is 0 Å². The van der Waals surface area contributed by atoms with Gasteiger partial charge >= 0.3 is 11.9 Å². The van der Waals surface area contributed by atoms with Crippen LogP contribution in [0, 0.1) is 6.92 Å². The van der Waals surface area contributed by atoms with Crippen molar-refractivity contribution < 1.29 is 28.6 Å². The second kappa shape index (κ2) is 7.31. The van der Waals surface area contributed by atoms with Crippen molar-refractivity contribution in [3.05, 3.63) is 64.9 Å². The zero-order chi connectivity index (χ0) is 18.7. The number of carboxylic acids is 1. The average molecular weight is 354 g/mol. The van der Waals surface area contributed by atoms with Gasteiger partial charge in [-0.3, -0.25) is 0 Å². The zero-order valence-corrected chi connectivity index (χ0v) is 14.4. The van der Waals surface area contributed by atoms with Crippen LogP contribution in [0.25, 0.3) is 11.0 Å². The SMILES string of the molecule is CCOC(=O)c1c(C)oc2ccc(OCc3ccc(C(=O)O)cc3)cc12. The van der Waals surface area contributed by atoms with Crippen molar-refractivity contribution in [1.29, 1.82) is 0 Å². The number of hydrogen-bond acceptors (Lipinski definition) is 5. The molecule has 0 aliphatic carbocycles. The van der Waals surface area contributed by atoms with Crippen LogP contribution in [-0.4, -0.2) is 23.7 Å². The summed E-state index contributed by atoms with van der Waals surface area (Å²) < 4.78 is 16.5. The summed E-state index contributed by atoms with van der Waals surface area (Å²) in [5, 5.41) is 9.56. The van der Waals surface area contributed by atoms with Crippen LogP contribution in [0.2, 0.25) is 0 Å². The lowest BCUT2D eigenvalue weighted by molar-refractivity contribution is 0.0526. The molecule has 0 aliphatic heterocycles. The molecule has 6 nitrogen and oxygen atoms in total. The van der Waals surface area contributed by atoms with Crippen LogP contribution in [0.5, 0.6) is 5.75 Å². The highest BCUT2D eigenvalue weighted by atomic mass is 16.5. The summed E-state index contributed by atoms with van der Waals surface area (Å²) in [6.45, 7) is 4.03. The second-order valence-electron chi connectivity index (χ2n) is 5.70. The number of furan rings is 1. The Morgan fingerprint density at radius 3 is 2.50 bits per heavy atom. The number of fused-ring (bicyclic) bond motifs is 1. The fourth-order valence-electron chi connectivity index (χ4n) is 2.66. The molecular weight excluding hydrogens is 336 g/mol. The fraction of sp³-hybridized carbons (Fsp3) is 0.200. The summed E-state index contributed by atoms with van der Waals surface area (Å²) in [7, 11) is 0. The molecule has 0 spiro atoms. The zero-order valence-electron chi connectivity index (χ0n) is 14.4. The van der Waals surface area contributed by atoms with Crippen molar-refractivity contribution in [3.8, 4) is 5.75 Å². The van der Waals surface area contributed by atoms with Crippen LogP contribution in [-0.2, 0) is 11.3 Å². The summed E-state index contributed by atoms with van der Waals surface area (Å²) in [6, 6.07) is 11.7. The molecule has 3 rings (SSSR count). The predicted molar refractivity (Wildman–Crippen MR) is 94.6 cm³/mol. The molecule has 1 N–H and O–H groups in total. The monoisotopic (exact) mass is 354 g/mol. The number of hydrogen-bond donors (Lipinski definition) is 1. The summed E-state index contributed by atoms with van der Waals surface area (Å²) >= 11 is 0. The second-order valence-corrected chi connectivity index (χ2v) is 5.70. The van der Waals surface area contributed by atoms with Crippen molar-refractivity contribution in [2.45, 2.75) is 20.5 Å². The Balaban J connectivity index is 1.81. The largest absolute Gasteiger partial charge is 0.489 e. The molecule has 2 aromatic carbocycles. The third-order valence-corrected chi connectivity index (χ3v) is 3.92. The van der Waals surface area contributed by atoms with Gasteiger partial charge in [-0.1, -0.05) is 12.1 Å². The minimum absolute atomic E-state index is 0.225. The highest BCUT2D eigenvalue weighted by Crippen LogP contribution is 2.30. The molecule has 1 heterocycles. The number of benzene rings is 2. The number of esters is 1. The molecule has 3 aromatic rings. The minimum Gasteiger partial charge on any atom is -0.489 e. The van der Waals surface area contributed by atoms with E-state index in [1.165, 1.54) is 12.1 Å². The van der Waals surface area contributed by atoms with E-state index < -0.39 is 11.9 Å². The highest BCUT2D eigenvalue weighted by molar-refractivity contribution is 6.04. The Morgan fingerprint density at radius 1 is 1.12 bits per heavy atom. The molecule has 0 saturated carbocycles. The number of carboxylic acid groups (broad SMARTS) is 1. The van der Waals surface area contributed by atoms with Gasteiger partial charge in [-0.05, 0) is 49.7 Å². The van der Waals surface area contributed by atoms with Crippen molar-refractivity contribution in [3.63, 3.8) is 0 Å². The first-order valence-electron chi connectivity index (χ1n) is 8.15. The van der Waals surface area contributed by atoms with Crippen LogP contribution in [0.1, 0.15) is 39.0 Å². The van der Waals surface area contributed by atoms with E-state index in [1.807, 2.05) is 0 Å². The van der Waals surface area contributed by atoms with Gasteiger partial charge in [-0.25, -0.2) is 9.59 Å². The van der Waals surface area contributed by atoms with Crippen molar-refractivity contribution >= 4 is 22.9 Å². The number of carbonyl (C=O) groups is 2. The standard InChI is InChI=1S/C20H18O6/c1-3-24-20(23)18-12(2)26-17-9-8-15(10-16(17)18)25-11-13-4-6-14(7-5-13)19(21)22/h4-10H,3,11H2,1-2H3,(H,21,22). The first-order chi connectivity index (χ1) is 12.5. The predicted octanol–water partition coefficient (Wildman–Crippen LogP) is 4.20. The van der Waals surface area contributed by atoms with E-state index in [0.717, 1.165) is 5.56 Å². The number of carbonyl (C=O) groups excluding carboxylic acids is 1. The highest BCUT2D eigenvalue weighted by Gasteiger charge is 2.19. The molecule has 0 radical (unpaired) electrons. The molecular formula is C20H18O6. The lowest BCUT2D eigenvalue weighted by atomic mass is 10.1. The Morgan fingerprint density at radius 2 is 1.85 bits per heavy atom. The van der Waals surface area contributed by atoms with Crippen LogP contribution in [0.3, 0.4) is 0 Å². The first-order valence-corrected chi connectivity index (χ1v) is 8.15. The van der Waals surface area contributed by atoms with E-state index in [4.69, 9.17) is 19.0 Å². The number of aryl methyl sites for hydroxylation is 1. The Labute approximate surface area is 149 Å². The summed E-state index contributed by atoms with van der Waals surface area (Å²) in [4.78, 5) is 23.0. The van der Waals surface area contributed by atoms with Gasteiger partial charge in [0.05, 0.1) is 12.2 Å². The molecule has 6 heteroatoms. The van der Waals surface area contributed by atoms with Gasteiger partial charge in [0, 0.05) is 5.39 Å². The van der Waals surface area contributed by atoms with Gasteiger partial charge in [0.2, 0.25) is 0 Å². The van der Waals surface area contributed by atoms with Gasteiger partial charge in [-0.2, -0.15) is 0 Å². The number of ether oxygens (including phenoxy) is 2. The van der Waals surface area contributed by atoms with E-state index in [2.05, 4.69) is 0 Å². The van der Waals surface area contributed by atoms with Gasteiger partial charge in [0.1, 0.15) is 29.3 Å². The maximum atomic E-state index is 12.1. The molecule has 0 saturated heterocycles. The van der Waals surface area contributed by atoms with E-state index >= 15 is 0 Å². The smallest absolute Gasteiger partial charge is 0.342 e. The first kappa shape index (κ1) is 17.5. The summed E-state index contributed by atoms with van der Waals surface area (Å²) in [6.07, 6.45) is 0. The Hall–Kier alpha value is -3.28. The minimum atomic E-state index is -0.968. The molecule has 1 aromatic heterocycles. The molecule has 0 bridgehead atoms. The third kappa shape index (κ3) is 3.54. The molecule has 0 aliphatic rings. The van der Waals surface area contributed by atoms with Gasteiger partial charge < -0.3 is 19.0 Å². The van der Waals surface area contributed by atoms with Crippen molar-refractivity contribution in [2.24, 2.45) is 0 Å². The maximum absolute atomic E-state index is 12.1. The summed E-state index contributed by atoms with van der Waals surface area (Å²) in [5.74, 6) is -0.319. The molecule has 0 atom stereocenters. The van der Waals surface area contributed by atoms with Crippen LogP contribution >= 0.6 is 0 Å². The van der Waals surface area contributed by atoms with E-state index in [1.54, 1.807) is 44.2 Å². The van der Waals surface area contributed by atoms with Gasteiger partial charge in [0.15, 0.2) is 0 Å². The van der Waals surface area contributed by atoms with Crippen LogP contribution < -0.4 is 4.74 Å². The van der Waals surface area contributed by atoms with E-state index in [-0.39, 0.29) is 18.8 Å². The average Bonchev–Trinajstić information content (AvgIpc) is 2.95. The maximum Gasteiger partial charge on any atom is 0.342 e. The summed E-state index contributed by atoms with van der Waals surface area (Å²) in [5.41, 5.74) is 2.05. The molecule has 26 heavy (non-hydrogen) atoms. The quantitative estimate of drug-likeness (QED) is 0.668. The third-order valence-electron chi connectivity index (χ3n) is 3.92. The molecule has 0 unspecified atom stereocenters.